The SMILES string of the molecule is CCC1(C(=O)N(C)CC(=O)N(C)C)CCCN1.Cl. The van der Waals surface area contributed by atoms with Crippen LogP contribution in [0.15, 0.2) is 0 Å². The van der Waals surface area contributed by atoms with Gasteiger partial charge in [-0.1, -0.05) is 6.92 Å². The van der Waals surface area contributed by atoms with E-state index in [2.05, 4.69) is 5.32 Å². The number of hydrogen-bond acceptors (Lipinski definition) is 3. The summed E-state index contributed by atoms with van der Waals surface area (Å²) in [6.07, 6.45) is 2.66. The third-order valence-electron chi connectivity index (χ3n) is 3.47. The number of carbonyl (C=O) groups excluding carboxylic acids is 2. The third kappa shape index (κ3) is 3.59. The van der Waals surface area contributed by atoms with Gasteiger partial charge < -0.3 is 15.1 Å². The molecule has 1 aliphatic rings. The fraction of sp³-hybridized carbons (Fsp3) is 0.833. The van der Waals surface area contributed by atoms with Gasteiger partial charge in [0.05, 0.1) is 12.1 Å². The van der Waals surface area contributed by atoms with Crippen LogP contribution in [0.1, 0.15) is 26.2 Å². The summed E-state index contributed by atoms with van der Waals surface area (Å²) in [5, 5.41) is 3.29. The molecule has 0 aromatic carbocycles. The zero-order valence-electron chi connectivity index (χ0n) is 11.7. The summed E-state index contributed by atoms with van der Waals surface area (Å²) in [6.45, 7) is 3.04. The van der Waals surface area contributed by atoms with E-state index in [1.165, 1.54) is 9.80 Å². The van der Waals surface area contributed by atoms with Crippen molar-refractivity contribution in [3.63, 3.8) is 0 Å². The highest BCUT2D eigenvalue weighted by atomic mass is 35.5. The minimum atomic E-state index is -0.443. The first kappa shape index (κ1) is 17.2. The van der Waals surface area contributed by atoms with Crippen molar-refractivity contribution in [2.75, 3.05) is 34.2 Å². The first-order chi connectivity index (χ1) is 7.93. The molecule has 18 heavy (non-hydrogen) atoms. The largest absolute Gasteiger partial charge is 0.347 e. The fourth-order valence-corrected chi connectivity index (χ4v) is 2.22. The number of amides is 2. The molecule has 6 heteroatoms. The maximum absolute atomic E-state index is 12.3. The highest BCUT2D eigenvalue weighted by Gasteiger charge is 2.41. The molecule has 1 N–H and O–H groups in total. The lowest BCUT2D eigenvalue weighted by Gasteiger charge is -2.31. The summed E-state index contributed by atoms with van der Waals surface area (Å²) in [5.74, 6) is -0.0159. The summed E-state index contributed by atoms with van der Waals surface area (Å²) in [5.41, 5.74) is -0.443. The van der Waals surface area contributed by atoms with Crippen LogP contribution in [0.5, 0.6) is 0 Å². The Morgan fingerprint density at radius 2 is 1.89 bits per heavy atom. The highest BCUT2D eigenvalue weighted by molar-refractivity contribution is 5.90. The van der Waals surface area contributed by atoms with Gasteiger partial charge in [-0.25, -0.2) is 0 Å². The lowest BCUT2D eigenvalue weighted by molar-refractivity contribution is -0.142. The number of halogens is 1. The summed E-state index contributed by atoms with van der Waals surface area (Å²) in [6, 6.07) is 0. The zero-order chi connectivity index (χ0) is 13.1. The van der Waals surface area contributed by atoms with Crippen LogP contribution in [-0.2, 0) is 9.59 Å². The highest BCUT2D eigenvalue weighted by Crippen LogP contribution is 2.24. The summed E-state index contributed by atoms with van der Waals surface area (Å²) in [4.78, 5) is 27.0. The maximum atomic E-state index is 12.3. The standard InChI is InChI=1S/C12H23N3O2.ClH/c1-5-12(7-6-8-13-12)11(17)15(4)9-10(16)14(2)3;/h13H,5-9H2,1-4H3;1H. The van der Waals surface area contributed by atoms with Gasteiger partial charge in [0.25, 0.3) is 0 Å². The smallest absolute Gasteiger partial charge is 0.243 e. The molecule has 0 aromatic heterocycles. The lowest BCUT2D eigenvalue weighted by atomic mass is 9.92. The average molecular weight is 278 g/mol. The van der Waals surface area contributed by atoms with Gasteiger partial charge in [-0.3, -0.25) is 9.59 Å². The van der Waals surface area contributed by atoms with Crippen molar-refractivity contribution in [2.45, 2.75) is 31.7 Å². The maximum Gasteiger partial charge on any atom is 0.243 e. The van der Waals surface area contributed by atoms with Crippen molar-refractivity contribution in [3.8, 4) is 0 Å². The van der Waals surface area contributed by atoms with Gasteiger partial charge in [0.1, 0.15) is 0 Å². The molecule has 1 saturated heterocycles. The van der Waals surface area contributed by atoms with Gasteiger partial charge in [-0.2, -0.15) is 0 Å². The van der Waals surface area contributed by atoms with Crippen molar-refractivity contribution in [1.82, 2.24) is 15.1 Å². The molecular weight excluding hydrogens is 254 g/mol. The number of nitrogens with one attached hydrogen (secondary N) is 1. The molecule has 0 spiro atoms. The van der Waals surface area contributed by atoms with Gasteiger partial charge in [0.15, 0.2) is 0 Å². The molecule has 1 aliphatic heterocycles. The van der Waals surface area contributed by atoms with Crippen LogP contribution in [-0.4, -0.2) is 61.4 Å². The molecule has 0 aromatic rings. The van der Waals surface area contributed by atoms with Gasteiger partial charge in [-0.05, 0) is 25.8 Å². The molecule has 1 fully saturated rings. The Morgan fingerprint density at radius 3 is 2.28 bits per heavy atom. The second-order valence-electron chi connectivity index (χ2n) is 4.92. The van der Waals surface area contributed by atoms with Gasteiger partial charge in [0.2, 0.25) is 11.8 Å². The summed E-state index contributed by atoms with van der Waals surface area (Å²) in [7, 11) is 5.09. The number of carbonyl (C=O) groups is 2. The van der Waals surface area contributed by atoms with Crippen molar-refractivity contribution < 1.29 is 9.59 Å². The molecule has 5 nitrogen and oxygen atoms in total. The van der Waals surface area contributed by atoms with Crippen molar-refractivity contribution in [1.29, 1.82) is 0 Å². The lowest BCUT2D eigenvalue weighted by Crippen LogP contribution is -2.55. The molecule has 2 amide bonds. The van der Waals surface area contributed by atoms with E-state index >= 15 is 0 Å². The van der Waals surface area contributed by atoms with E-state index in [1.807, 2.05) is 6.92 Å². The Labute approximate surface area is 115 Å². The summed E-state index contributed by atoms with van der Waals surface area (Å²) < 4.78 is 0. The topological polar surface area (TPSA) is 52.7 Å². The zero-order valence-corrected chi connectivity index (χ0v) is 12.5. The first-order valence-corrected chi connectivity index (χ1v) is 6.13. The number of nitrogens with zero attached hydrogens (tertiary/aromatic N) is 2. The number of rotatable bonds is 4. The van der Waals surface area contributed by atoms with Crippen LogP contribution >= 0.6 is 12.4 Å². The van der Waals surface area contributed by atoms with E-state index in [9.17, 15) is 9.59 Å². The van der Waals surface area contributed by atoms with Crippen LogP contribution in [0.25, 0.3) is 0 Å². The molecule has 1 unspecified atom stereocenters. The molecule has 0 aliphatic carbocycles. The number of hydrogen-bond donors (Lipinski definition) is 1. The van der Waals surface area contributed by atoms with E-state index < -0.39 is 5.54 Å². The van der Waals surface area contributed by atoms with E-state index in [-0.39, 0.29) is 30.8 Å². The molecule has 1 rings (SSSR count). The van der Waals surface area contributed by atoms with Crippen LogP contribution in [0, 0.1) is 0 Å². The Bertz CT molecular complexity index is 302. The Kier molecular flexibility index (Phi) is 6.63. The Morgan fingerprint density at radius 1 is 1.28 bits per heavy atom. The van der Waals surface area contributed by atoms with E-state index in [4.69, 9.17) is 0 Å². The fourth-order valence-electron chi connectivity index (χ4n) is 2.22. The molecule has 0 radical (unpaired) electrons. The minimum absolute atomic E-state index is 0. The Hall–Kier alpha value is -0.810. The molecule has 0 bridgehead atoms. The third-order valence-corrected chi connectivity index (χ3v) is 3.47. The van der Waals surface area contributed by atoms with E-state index in [0.717, 1.165) is 25.8 Å². The molecule has 1 atom stereocenters. The first-order valence-electron chi connectivity index (χ1n) is 6.13. The van der Waals surface area contributed by atoms with E-state index in [1.54, 1.807) is 21.1 Å². The van der Waals surface area contributed by atoms with Crippen LogP contribution in [0.3, 0.4) is 0 Å². The molecule has 1 heterocycles. The second-order valence-corrected chi connectivity index (χ2v) is 4.92. The second kappa shape index (κ2) is 6.95. The molecular formula is C12H24ClN3O2. The van der Waals surface area contributed by atoms with Gasteiger partial charge in [0, 0.05) is 21.1 Å². The minimum Gasteiger partial charge on any atom is -0.347 e. The molecule has 0 saturated carbocycles. The van der Waals surface area contributed by atoms with Crippen LogP contribution in [0.2, 0.25) is 0 Å². The quantitative estimate of drug-likeness (QED) is 0.814. The van der Waals surface area contributed by atoms with Crippen molar-refractivity contribution in [3.05, 3.63) is 0 Å². The summed E-state index contributed by atoms with van der Waals surface area (Å²) >= 11 is 0. The van der Waals surface area contributed by atoms with Crippen molar-refractivity contribution in [2.24, 2.45) is 0 Å². The predicted molar refractivity (Wildman–Crippen MR) is 73.8 cm³/mol. The molecule has 106 valence electrons. The van der Waals surface area contributed by atoms with E-state index in [0.29, 0.717) is 0 Å². The van der Waals surface area contributed by atoms with Crippen LogP contribution in [0.4, 0.5) is 0 Å². The Balaban J connectivity index is 0.00000289. The average Bonchev–Trinajstić information content (AvgIpc) is 2.77. The predicted octanol–water partition coefficient (Wildman–Crippen LogP) is 0.487. The van der Waals surface area contributed by atoms with Gasteiger partial charge >= 0.3 is 0 Å². The van der Waals surface area contributed by atoms with Crippen molar-refractivity contribution >= 4 is 24.2 Å². The monoisotopic (exact) mass is 277 g/mol. The normalized spacial score (nSPS) is 22.2. The van der Waals surface area contributed by atoms with Gasteiger partial charge in [-0.15, -0.1) is 12.4 Å². The number of likely N-dealkylation sites (N-methyl/N-ethyl adjacent to an activating group) is 2. The van der Waals surface area contributed by atoms with Crippen LogP contribution < -0.4 is 5.32 Å².